The fourth-order valence-corrected chi connectivity index (χ4v) is 3.17. The Morgan fingerprint density at radius 1 is 0.862 bits per heavy atom. The Hall–Kier alpha value is -4.19. The number of carbonyl (C=O) groups is 1. The second-order valence-corrected chi connectivity index (χ2v) is 6.62. The van der Waals surface area contributed by atoms with Crippen molar-refractivity contribution in [3.8, 4) is 17.1 Å². The third kappa shape index (κ3) is 3.39. The standard InChI is InChI=1S/C23H17N5O/c29-23(21-14-15-28(27-21)18-6-2-1-3-7-18)24-17-12-10-16(11-13-17)22-25-19-8-4-5-9-20(19)26-22/h1-15H,(H,24,29)(H,25,26). The van der Waals surface area contributed by atoms with Crippen LogP contribution in [0.4, 0.5) is 5.69 Å². The van der Waals surface area contributed by atoms with Gasteiger partial charge in [0.2, 0.25) is 0 Å². The Balaban J connectivity index is 1.32. The van der Waals surface area contributed by atoms with E-state index in [9.17, 15) is 4.79 Å². The van der Waals surface area contributed by atoms with E-state index in [0.717, 1.165) is 28.1 Å². The molecule has 0 atom stereocenters. The molecule has 6 nitrogen and oxygen atoms in total. The number of rotatable bonds is 4. The molecule has 0 aliphatic carbocycles. The third-order valence-corrected chi connectivity index (χ3v) is 4.65. The van der Waals surface area contributed by atoms with Gasteiger partial charge in [-0.2, -0.15) is 5.10 Å². The van der Waals surface area contributed by atoms with Gasteiger partial charge in [0.25, 0.3) is 5.91 Å². The van der Waals surface area contributed by atoms with Crippen LogP contribution in [0.1, 0.15) is 10.5 Å². The second kappa shape index (κ2) is 7.09. The monoisotopic (exact) mass is 379 g/mol. The Labute approximate surface area is 166 Å². The minimum atomic E-state index is -0.254. The smallest absolute Gasteiger partial charge is 0.276 e. The van der Waals surface area contributed by atoms with E-state index in [-0.39, 0.29) is 5.91 Å². The molecule has 1 amide bonds. The molecule has 2 aromatic heterocycles. The van der Waals surface area contributed by atoms with Crippen molar-refractivity contribution in [2.24, 2.45) is 0 Å². The lowest BCUT2D eigenvalue weighted by molar-refractivity contribution is 0.102. The van der Waals surface area contributed by atoms with Gasteiger partial charge >= 0.3 is 0 Å². The van der Waals surface area contributed by atoms with Crippen LogP contribution < -0.4 is 5.32 Å². The lowest BCUT2D eigenvalue weighted by Gasteiger charge is -2.04. The third-order valence-electron chi connectivity index (χ3n) is 4.65. The molecule has 0 radical (unpaired) electrons. The number of carbonyl (C=O) groups excluding carboxylic acids is 1. The highest BCUT2D eigenvalue weighted by molar-refractivity contribution is 6.02. The molecule has 2 N–H and O–H groups in total. The van der Waals surface area contributed by atoms with E-state index < -0.39 is 0 Å². The number of H-pyrrole nitrogens is 1. The Morgan fingerprint density at radius 2 is 1.62 bits per heavy atom. The molecule has 5 aromatic rings. The summed E-state index contributed by atoms with van der Waals surface area (Å²) in [5.41, 5.74) is 4.83. The SMILES string of the molecule is O=C(Nc1ccc(-c2nc3ccccc3[nH]2)cc1)c1ccn(-c2ccccc2)n1. The number of nitrogens with zero attached hydrogens (tertiary/aromatic N) is 3. The summed E-state index contributed by atoms with van der Waals surface area (Å²) in [6, 6.07) is 26.8. The minimum Gasteiger partial charge on any atom is -0.338 e. The molecule has 0 aliphatic rings. The fraction of sp³-hybridized carbons (Fsp3) is 0. The van der Waals surface area contributed by atoms with E-state index in [0.29, 0.717) is 11.4 Å². The molecule has 0 bridgehead atoms. The number of amides is 1. The van der Waals surface area contributed by atoms with Crippen LogP contribution in [0.5, 0.6) is 0 Å². The van der Waals surface area contributed by atoms with Gasteiger partial charge in [-0.3, -0.25) is 4.79 Å². The van der Waals surface area contributed by atoms with Gasteiger partial charge < -0.3 is 10.3 Å². The number of aromatic nitrogens is 4. The average Bonchev–Trinajstić information content (AvgIpc) is 3.42. The molecule has 140 valence electrons. The first-order valence-electron chi connectivity index (χ1n) is 9.24. The molecule has 29 heavy (non-hydrogen) atoms. The summed E-state index contributed by atoms with van der Waals surface area (Å²) in [5, 5.41) is 7.24. The largest absolute Gasteiger partial charge is 0.338 e. The van der Waals surface area contributed by atoms with E-state index in [1.807, 2.05) is 78.9 Å². The van der Waals surface area contributed by atoms with Crippen molar-refractivity contribution in [2.45, 2.75) is 0 Å². The summed E-state index contributed by atoms with van der Waals surface area (Å²) >= 11 is 0. The molecule has 0 saturated carbocycles. The van der Waals surface area contributed by atoms with Gasteiger partial charge in [0.05, 0.1) is 16.7 Å². The molecule has 0 fully saturated rings. The number of fused-ring (bicyclic) bond motifs is 1. The first-order valence-corrected chi connectivity index (χ1v) is 9.24. The highest BCUT2D eigenvalue weighted by Gasteiger charge is 2.11. The maximum absolute atomic E-state index is 12.5. The van der Waals surface area contributed by atoms with Gasteiger partial charge in [-0.15, -0.1) is 0 Å². The molecule has 0 saturated heterocycles. The molecule has 5 rings (SSSR count). The van der Waals surface area contributed by atoms with Crippen molar-refractivity contribution in [1.82, 2.24) is 19.7 Å². The summed E-state index contributed by atoms with van der Waals surface area (Å²) in [5.74, 6) is 0.543. The number of hydrogen-bond donors (Lipinski definition) is 2. The highest BCUT2D eigenvalue weighted by Crippen LogP contribution is 2.22. The van der Waals surface area contributed by atoms with Crippen molar-refractivity contribution in [3.05, 3.63) is 96.8 Å². The van der Waals surface area contributed by atoms with Crippen molar-refractivity contribution in [2.75, 3.05) is 5.32 Å². The number of para-hydroxylation sites is 3. The summed E-state index contributed by atoms with van der Waals surface area (Å²) in [4.78, 5) is 20.4. The molecule has 6 heteroatoms. The van der Waals surface area contributed by atoms with Crippen LogP contribution >= 0.6 is 0 Å². The van der Waals surface area contributed by atoms with Gasteiger partial charge in [-0.05, 0) is 54.6 Å². The summed E-state index contributed by atoms with van der Waals surface area (Å²) in [6.07, 6.45) is 1.77. The summed E-state index contributed by atoms with van der Waals surface area (Å²) in [6.45, 7) is 0. The van der Waals surface area contributed by atoms with Crippen molar-refractivity contribution >= 4 is 22.6 Å². The molecule has 3 aromatic carbocycles. The minimum absolute atomic E-state index is 0.254. The number of benzene rings is 3. The van der Waals surface area contributed by atoms with Crippen LogP contribution in [0, 0.1) is 0 Å². The van der Waals surface area contributed by atoms with Crippen LogP contribution in [-0.4, -0.2) is 25.7 Å². The number of imidazole rings is 1. The van der Waals surface area contributed by atoms with Gasteiger partial charge in [0.1, 0.15) is 5.82 Å². The zero-order valence-electron chi connectivity index (χ0n) is 15.4. The zero-order chi connectivity index (χ0) is 19.6. The van der Waals surface area contributed by atoms with Crippen LogP contribution in [0.25, 0.3) is 28.1 Å². The van der Waals surface area contributed by atoms with Gasteiger partial charge in [0.15, 0.2) is 5.69 Å². The number of aromatic amines is 1. The molecule has 2 heterocycles. The maximum Gasteiger partial charge on any atom is 0.276 e. The van der Waals surface area contributed by atoms with Gasteiger partial charge in [-0.25, -0.2) is 9.67 Å². The van der Waals surface area contributed by atoms with Crippen LogP contribution in [0.15, 0.2) is 91.1 Å². The van der Waals surface area contributed by atoms with Gasteiger partial charge in [-0.1, -0.05) is 30.3 Å². The first kappa shape index (κ1) is 16.9. The summed E-state index contributed by atoms with van der Waals surface area (Å²) < 4.78 is 1.68. The zero-order valence-corrected chi connectivity index (χ0v) is 15.4. The van der Waals surface area contributed by atoms with E-state index in [1.165, 1.54) is 0 Å². The van der Waals surface area contributed by atoms with Crippen LogP contribution in [0.3, 0.4) is 0 Å². The van der Waals surface area contributed by atoms with Crippen LogP contribution in [-0.2, 0) is 0 Å². The Kier molecular flexibility index (Phi) is 4.14. The lowest BCUT2D eigenvalue weighted by Crippen LogP contribution is -2.13. The van der Waals surface area contributed by atoms with E-state index >= 15 is 0 Å². The molecule has 0 unspecified atom stereocenters. The van der Waals surface area contributed by atoms with E-state index in [4.69, 9.17) is 0 Å². The molecule has 0 spiro atoms. The van der Waals surface area contributed by atoms with Crippen molar-refractivity contribution in [1.29, 1.82) is 0 Å². The molecular formula is C23H17N5O. The van der Waals surface area contributed by atoms with Gasteiger partial charge in [0, 0.05) is 17.4 Å². The lowest BCUT2D eigenvalue weighted by atomic mass is 10.2. The number of nitrogens with one attached hydrogen (secondary N) is 2. The second-order valence-electron chi connectivity index (χ2n) is 6.62. The van der Waals surface area contributed by atoms with Crippen LogP contribution in [0.2, 0.25) is 0 Å². The van der Waals surface area contributed by atoms with Crippen molar-refractivity contribution < 1.29 is 4.79 Å². The quantitative estimate of drug-likeness (QED) is 0.476. The number of hydrogen-bond acceptors (Lipinski definition) is 3. The predicted octanol–water partition coefficient (Wildman–Crippen LogP) is 4.67. The Bertz CT molecular complexity index is 1250. The normalized spacial score (nSPS) is 10.9. The maximum atomic E-state index is 12.5. The predicted molar refractivity (Wildman–Crippen MR) is 113 cm³/mol. The fourth-order valence-electron chi connectivity index (χ4n) is 3.17. The Morgan fingerprint density at radius 3 is 2.41 bits per heavy atom. The van der Waals surface area contributed by atoms with E-state index in [2.05, 4.69) is 20.4 Å². The topological polar surface area (TPSA) is 75.6 Å². The number of anilines is 1. The first-order chi connectivity index (χ1) is 14.3. The average molecular weight is 379 g/mol. The van der Waals surface area contributed by atoms with E-state index in [1.54, 1.807) is 16.9 Å². The highest BCUT2D eigenvalue weighted by atomic mass is 16.1. The summed E-state index contributed by atoms with van der Waals surface area (Å²) in [7, 11) is 0. The van der Waals surface area contributed by atoms with Crippen molar-refractivity contribution in [3.63, 3.8) is 0 Å². The molecular weight excluding hydrogens is 362 g/mol. The molecule has 0 aliphatic heterocycles.